The topological polar surface area (TPSA) is 532 Å². The molecule has 45 nitrogen and oxygen atoms in total. The van der Waals surface area contributed by atoms with E-state index in [4.69, 9.17) is 58.9 Å². The number of fused-ring (bicyclic) bond motifs is 6. The van der Waals surface area contributed by atoms with E-state index in [0.29, 0.717) is 18.1 Å². The van der Waals surface area contributed by atoms with E-state index in [0.717, 1.165) is 176 Å². The van der Waals surface area contributed by atoms with Gasteiger partial charge in [-0.2, -0.15) is 5.53 Å². The van der Waals surface area contributed by atoms with Crippen molar-refractivity contribution in [2.24, 2.45) is 127 Å². The number of nitrogens with zero attached hydrogens (tertiary/aromatic N) is 30. The van der Waals surface area contributed by atoms with Gasteiger partial charge in [-0.15, -0.1) is 4.90 Å². The van der Waals surface area contributed by atoms with Gasteiger partial charge in [-0.1, -0.05) is 83.3 Å². The summed E-state index contributed by atoms with van der Waals surface area (Å²) in [5.41, 5.74) is 16.5. The van der Waals surface area contributed by atoms with Crippen LogP contribution in [0, 0.1) is 21.8 Å². The van der Waals surface area contributed by atoms with Crippen LogP contribution in [-0.2, 0) is 57.5 Å². The maximum atomic E-state index is 12.7. The first-order chi connectivity index (χ1) is 65.7. The van der Waals surface area contributed by atoms with E-state index in [1.807, 2.05) is 168 Å². The van der Waals surface area contributed by atoms with E-state index < -0.39 is 24.4 Å². The fraction of sp³-hybridized carbons (Fsp3) is 0.453. The number of halogens is 2. The molecule has 0 aliphatic carbocycles. The second kappa shape index (κ2) is 46.3. The number of aromatic nitrogens is 12. The van der Waals surface area contributed by atoms with Crippen LogP contribution in [0.15, 0.2) is 268 Å². The molecule has 718 valence electrons. The molecule has 137 heavy (non-hydrogen) atoms. The van der Waals surface area contributed by atoms with Gasteiger partial charge in [0.25, 0.3) is 16.7 Å². The molecule has 7 N–H and O–H groups in total. The summed E-state index contributed by atoms with van der Waals surface area (Å²) in [5.74, 6) is 7.15. The third kappa shape index (κ3) is 24.5. The van der Waals surface area contributed by atoms with Crippen molar-refractivity contribution < 1.29 is 68.6 Å². The fourth-order valence-electron chi connectivity index (χ4n) is 17.5. The molecule has 3 aromatic carbocycles. The summed E-state index contributed by atoms with van der Waals surface area (Å²) in [6, 6.07) is 28.5. The van der Waals surface area contributed by atoms with Crippen molar-refractivity contribution in [3.05, 3.63) is 182 Å². The molecule has 2 amide bonds. The van der Waals surface area contributed by atoms with E-state index in [2.05, 4.69) is 157 Å². The molecule has 3 spiro atoms. The van der Waals surface area contributed by atoms with Gasteiger partial charge in [-0.05, 0) is 208 Å². The smallest absolute Gasteiger partial charge is 0.775 e. The fourth-order valence-corrected chi connectivity index (χ4v) is 20.3. The number of nitrogens with one attached hydrogen (secondary N) is 3. The molecule has 0 bridgehead atoms. The number of nitrogens with two attached hydrogens (primary N) is 2. The Labute approximate surface area is 830 Å². The molecule has 0 radical (unpaired) electrons. The van der Waals surface area contributed by atoms with Gasteiger partial charge in [0.1, 0.15) is 16.8 Å². The summed E-state index contributed by atoms with van der Waals surface area (Å²) in [6.07, 6.45) is 21.2. The molecule has 51 heteroatoms. The number of piperidine rings is 3. The Kier molecular flexibility index (Phi) is 34.6. The average Bonchev–Trinajstić information content (AvgIpc) is 1.62. The van der Waals surface area contributed by atoms with Crippen molar-refractivity contribution in [2.75, 3.05) is 80.9 Å². The van der Waals surface area contributed by atoms with Gasteiger partial charge in [0.2, 0.25) is 17.8 Å². The number of carbonyl (C=O) groups is 2. The summed E-state index contributed by atoms with van der Waals surface area (Å²) in [7, 11) is 4.37. The molecule has 12 aromatic rings. The second-order valence-corrected chi connectivity index (χ2v) is 38.3. The predicted molar refractivity (Wildman–Crippen MR) is 511 cm³/mol. The zero-order chi connectivity index (χ0) is 97.9. The van der Waals surface area contributed by atoms with E-state index in [1.54, 1.807) is 77.8 Å². The Morgan fingerprint density at radius 2 is 0.839 bits per heavy atom. The molecule has 15 heterocycles. The molecule has 6 aliphatic rings. The molecule has 0 saturated carbocycles. The second-order valence-electron chi connectivity index (χ2n) is 34.8. The van der Waals surface area contributed by atoms with Gasteiger partial charge in [-0.3, -0.25) is 32.0 Å². The van der Waals surface area contributed by atoms with Crippen molar-refractivity contribution in [3.63, 3.8) is 0 Å². The van der Waals surface area contributed by atoms with Crippen molar-refractivity contribution in [1.82, 2.24) is 67.4 Å². The third-order valence-corrected chi connectivity index (χ3v) is 27.4. The number of anilines is 3. The van der Waals surface area contributed by atoms with Crippen molar-refractivity contribution in [1.29, 1.82) is 5.53 Å². The van der Waals surface area contributed by atoms with Crippen LogP contribution in [0.5, 0.6) is 0 Å². The molecule has 6 fully saturated rings. The maximum absolute atomic E-state index is 12.7. The number of imidazole rings is 3. The average molecular weight is 2010 g/mol. The normalized spacial score (nSPS) is 19.7. The third-order valence-electron chi connectivity index (χ3n) is 24.3. The minimum absolute atomic E-state index is 0. The molecule has 6 saturated heterocycles. The number of carbonyl (C=O) groups excluding carboxylic acids is 2. The number of pyridine rings is 3. The molecular weight excluding hydrogens is 1900 g/mol. The van der Waals surface area contributed by atoms with Crippen LogP contribution >= 0.6 is 39.5 Å². The summed E-state index contributed by atoms with van der Waals surface area (Å²) in [5, 5.41) is 52.6. The number of alkyl carbamates (subject to hydrolysis) is 2. The molecule has 6 atom stereocenters. The van der Waals surface area contributed by atoms with E-state index >= 15 is 0 Å². The SMILES string of the molecule is C[C@@H]1OCC2(CCN(c3ncc(Sc4cc(=O)n(C)c5ccccc45)c4nccn34)CC2)[C@@H]1N.C[C@@H]1OCC2(CCN(c3ncc(Sc4cc(=O)n(C)c5ccccc45)c4nccn34)CC2)[C@@H]1NC(=O)OC(C)(C)C.C[C@@H]1OCC2(CCN(c3ncc([S-])c4nccn34)CC2)[C@@H]1NC(=O)OC(C)(C)C.Cn1c(=O)cc(Br)c2ccccc21.N=N/N=N/N=N/N=N/N=N/N=N/N=N/N=N/N.[2H]CF.[Na+]. The zero-order valence-corrected chi connectivity index (χ0v) is 83.8. The zero-order valence-electron chi connectivity index (χ0n) is 78.8. The van der Waals surface area contributed by atoms with Gasteiger partial charge < -0.3 is 86.9 Å². The molecule has 9 aromatic heterocycles. The van der Waals surface area contributed by atoms with Crippen LogP contribution < -0.4 is 83.1 Å². The quantitative estimate of drug-likeness (QED) is 0.0197. The Morgan fingerprint density at radius 3 is 1.22 bits per heavy atom. The summed E-state index contributed by atoms with van der Waals surface area (Å²) < 4.78 is 56.3. The number of benzene rings is 3. The Balaban J connectivity index is 0.000000161. The first-order valence-electron chi connectivity index (χ1n) is 43.9. The van der Waals surface area contributed by atoms with Crippen molar-refractivity contribution in [3.8, 4) is 0 Å². The molecular formula is C86H106BrFN35NaO10S3. The Bertz CT molecular complexity index is 6710. The van der Waals surface area contributed by atoms with Gasteiger partial charge in [0, 0.05) is 187 Å². The van der Waals surface area contributed by atoms with Crippen LogP contribution in [0.25, 0.3) is 49.7 Å². The standard InChI is InChI=1S/C30H36N6O4S.C25H28N6O2S.C20H29N5O3S.C10H8BrNO.CH3F.H3N17.Na/c1-19-25(33-28(38)40-29(2,3)4)30(18-39-19)10-13-35(14-11-30)27-32-17-23(26-31-12-15-36(26)27)41-22-16-24(37)34(5)21-9-7-6-8-20(21)22;1-16-22(26)25(15-33-16)7-10-30(11-8-25)24-28-14-20(23-27-9-12-31(23)24)34-19-13-21(32)29(2)18-6-4-3-5-17(18)19;1-13-15(23-18(26)28-19(2,3)4)20(12-27-13)5-8-24(9-6-20)17-22-11-14(29)16-21-7-10-25(16)17;1-12-9-5-3-2-4-7(9)8(11)6-10(12)13;1-2;1-3-5-7-9-11-13-15-17-16-14-12-10-8-6-4-2;/h6-9,12,15-17,19,25H,10-11,13-14,18H2,1-5H3,(H,33,38);3-6,9,12-14,16,22H,7-8,10-11,15,26H2,1-2H3;7,10-11,13,15,29H,5-6,8-9,12H2,1-4H3,(H,23,26);2-6H,1H3;1H3;(H3,1,2,5,6,9,10,13,14,17);/q;;;;;;+1/p-1/t19-,25+;16-,22+;13-,15+;;;;/m000..../s1/i;;;;1D;;. The number of ether oxygens (including phenoxy) is 5. The summed E-state index contributed by atoms with van der Waals surface area (Å²) in [6.45, 7) is 24.3. The summed E-state index contributed by atoms with van der Waals surface area (Å²) in [4.78, 5) is 101. The van der Waals surface area contributed by atoms with Crippen LogP contribution in [0.2, 0.25) is 0 Å². The maximum Gasteiger partial charge on any atom is 1.00 e. The van der Waals surface area contributed by atoms with Crippen LogP contribution in [0.1, 0.15) is 102 Å². The number of alkyl halides is 1. The minimum Gasteiger partial charge on any atom is -0.775 e. The number of para-hydroxylation sites is 3. The van der Waals surface area contributed by atoms with E-state index in [-0.39, 0.29) is 105 Å². The number of hydrogen-bond donors (Lipinski definition) is 5. The largest absolute Gasteiger partial charge is 1.00 e. The number of aryl methyl sites for hydroxylation is 3. The van der Waals surface area contributed by atoms with Gasteiger partial charge in [0.15, 0.2) is 11.3 Å². The van der Waals surface area contributed by atoms with Crippen molar-refractivity contribution in [2.45, 2.75) is 173 Å². The van der Waals surface area contributed by atoms with Crippen LogP contribution in [-0.4, -0.2) is 183 Å². The van der Waals surface area contributed by atoms with Gasteiger partial charge in [-0.25, -0.2) is 39.5 Å². The minimum atomic E-state index is -1.00. The summed E-state index contributed by atoms with van der Waals surface area (Å²) >= 11 is 11.7. The predicted octanol–water partition coefficient (Wildman–Crippen LogP) is 12.6. The van der Waals surface area contributed by atoms with Gasteiger partial charge in [0.05, 0.1) is 85.1 Å². The molecule has 18 rings (SSSR count). The number of rotatable bonds is 16. The first kappa shape index (κ1) is 102. The van der Waals surface area contributed by atoms with E-state index in [9.17, 15) is 28.4 Å². The monoisotopic (exact) mass is 2010 g/mol. The van der Waals surface area contributed by atoms with Crippen molar-refractivity contribution >= 4 is 132 Å². The number of hydrogen-bond acceptors (Lipinski definition) is 25. The molecule has 6 aliphatic heterocycles. The van der Waals surface area contributed by atoms with Crippen LogP contribution in [0.3, 0.4) is 0 Å². The Hall–Kier alpha value is -12.1. The van der Waals surface area contributed by atoms with E-state index in [1.165, 1.54) is 23.5 Å². The molecule has 0 unspecified atom stereocenters. The van der Waals surface area contributed by atoms with Gasteiger partial charge >= 0.3 is 41.7 Å². The van der Waals surface area contributed by atoms with Crippen LogP contribution in [0.4, 0.5) is 31.8 Å². The first-order valence-corrected chi connectivity index (χ1v) is 46.0. The Morgan fingerprint density at radius 1 is 0.511 bits per heavy atom. The number of amides is 2.